The van der Waals surface area contributed by atoms with Crippen molar-refractivity contribution in [2.24, 2.45) is 0 Å². The van der Waals surface area contributed by atoms with Crippen LogP contribution >= 0.6 is 23.1 Å². The second-order valence-corrected chi connectivity index (χ2v) is 7.12. The van der Waals surface area contributed by atoms with Crippen LogP contribution < -0.4 is 10.1 Å². The summed E-state index contributed by atoms with van der Waals surface area (Å²) in [5, 5.41) is 4.80. The first kappa shape index (κ1) is 19.3. The molecule has 5 nitrogen and oxygen atoms in total. The molecule has 25 heavy (non-hydrogen) atoms. The largest absolute Gasteiger partial charge is 0.493 e. The number of nitrogens with one attached hydrogen (secondary N) is 1. The van der Waals surface area contributed by atoms with E-state index in [0.29, 0.717) is 24.5 Å². The number of esters is 1. The van der Waals surface area contributed by atoms with Gasteiger partial charge in [-0.3, -0.25) is 4.79 Å². The van der Waals surface area contributed by atoms with E-state index in [1.54, 1.807) is 47.4 Å². The molecule has 0 aliphatic heterocycles. The molecule has 2 rings (SSSR count). The minimum atomic E-state index is -0.564. The van der Waals surface area contributed by atoms with Crippen LogP contribution in [0.2, 0.25) is 0 Å². The lowest BCUT2D eigenvalue weighted by Crippen LogP contribution is -2.30. The monoisotopic (exact) mass is 379 g/mol. The van der Waals surface area contributed by atoms with Crippen molar-refractivity contribution >= 4 is 35.0 Å². The molecule has 1 heterocycles. The Morgan fingerprint density at radius 2 is 2.04 bits per heavy atom. The average molecular weight is 380 g/mol. The molecule has 0 atom stereocenters. The van der Waals surface area contributed by atoms with E-state index >= 15 is 0 Å². The van der Waals surface area contributed by atoms with Gasteiger partial charge in [0.1, 0.15) is 11.3 Å². The summed E-state index contributed by atoms with van der Waals surface area (Å²) in [7, 11) is 0. The number of thiophene rings is 1. The van der Waals surface area contributed by atoms with E-state index in [-0.39, 0.29) is 12.5 Å². The van der Waals surface area contributed by atoms with E-state index < -0.39 is 5.97 Å². The molecular weight excluding hydrogens is 358 g/mol. The van der Waals surface area contributed by atoms with E-state index in [4.69, 9.17) is 9.47 Å². The molecule has 2 aromatic rings. The van der Waals surface area contributed by atoms with Crippen molar-refractivity contribution in [2.75, 3.05) is 25.5 Å². The van der Waals surface area contributed by atoms with Crippen LogP contribution in [-0.2, 0) is 15.3 Å². The number of amides is 1. The molecule has 0 saturated heterocycles. The molecule has 0 radical (unpaired) electrons. The number of ether oxygens (including phenoxy) is 2. The van der Waals surface area contributed by atoms with Crippen molar-refractivity contribution in [1.82, 2.24) is 5.32 Å². The molecule has 7 heteroatoms. The van der Waals surface area contributed by atoms with Gasteiger partial charge in [0.05, 0.1) is 6.61 Å². The van der Waals surface area contributed by atoms with E-state index in [2.05, 4.69) is 16.8 Å². The molecule has 0 unspecified atom stereocenters. The van der Waals surface area contributed by atoms with Gasteiger partial charge in [-0.15, -0.1) is 11.3 Å². The Bertz CT molecular complexity index is 673. The van der Waals surface area contributed by atoms with Gasteiger partial charge in [-0.2, -0.15) is 11.8 Å². The molecule has 0 saturated carbocycles. The molecule has 0 aliphatic carbocycles. The molecule has 1 aromatic carbocycles. The number of rotatable bonds is 10. The van der Waals surface area contributed by atoms with Gasteiger partial charge in [-0.05, 0) is 30.5 Å². The summed E-state index contributed by atoms with van der Waals surface area (Å²) < 4.78 is 10.4. The first-order valence-electron chi connectivity index (χ1n) is 7.96. The quantitative estimate of drug-likeness (QED) is 0.507. The van der Waals surface area contributed by atoms with Crippen LogP contribution in [0, 0.1) is 0 Å². The molecule has 0 fully saturated rings. The predicted octanol–water partition coefficient (Wildman–Crippen LogP) is 3.35. The first-order valence-corrected chi connectivity index (χ1v) is 10.00. The standard InChI is InChI=1S/C18H21NO4S2/c1-2-22-16-8-4-3-7-15(16)18(21)23-12-17(20)19-9-11-24-13-14-6-5-10-25-14/h3-8,10H,2,9,11-13H2,1H3,(H,19,20). The molecule has 0 bridgehead atoms. The third-order valence-corrected chi connectivity index (χ3v) is 5.20. The van der Waals surface area contributed by atoms with Crippen LogP contribution in [0.15, 0.2) is 41.8 Å². The highest BCUT2D eigenvalue weighted by Crippen LogP contribution is 2.19. The van der Waals surface area contributed by atoms with Gasteiger partial charge in [0.25, 0.3) is 5.91 Å². The van der Waals surface area contributed by atoms with Crippen molar-refractivity contribution in [2.45, 2.75) is 12.7 Å². The molecule has 1 aromatic heterocycles. The Kier molecular flexibility index (Phi) is 8.34. The minimum absolute atomic E-state index is 0.297. The number of benzene rings is 1. The van der Waals surface area contributed by atoms with Crippen molar-refractivity contribution in [1.29, 1.82) is 0 Å². The van der Waals surface area contributed by atoms with Crippen LogP contribution in [0.25, 0.3) is 0 Å². The fourth-order valence-corrected chi connectivity index (χ4v) is 3.71. The maximum Gasteiger partial charge on any atom is 0.342 e. The Morgan fingerprint density at radius 1 is 1.20 bits per heavy atom. The SMILES string of the molecule is CCOc1ccccc1C(=O)OCC(=O)NCCSCc1cccs1. The fourth-order valence-electron chi connectivity index (χ4n) is 2.01. The Balaban J connectivity index is 1.65. The number of hydrogen-bond donors (Lipinski definition) is 1. The summed E-state index contributed by atoms with van der Waals surface area (Å²) in [6, 6.07) is 10.9. The topological polar surface area (TPSA) is 64.6 Å². The predicted molar refractivity (Wildman–Crippen MR) is 101 cm³/mol. The summed E-state index contributed by atoms with van der Waals surface area (Å²) in [5.74, 6) is 1.34. The normalized spacial score (nSPS) is 10.3. The highest BCUT2D eigenvalue weighted by Gasteiger charge is 2.14. The molecular formula is C18H21NO4S2. The molecule has 1 amide bonds. The van der Waals surface area contributed by atoms with E-state index in [1.165, 1.54) is 4.88 Å². The van der Waals surface area contributed by atoms with Gasteiger partial charge in [0.15, 0.2) is 6.61 Å². The number of hydrogen-bond acceptors (Lipinski definition) is 6. The van der Waals surface area contributed by atoms with Gasteiger partial charge in [-0.1, -0.05) is 18.2 Å². The lowest BCUT2D eigenvalue weighted by Gasteiger charge is -2.10. The van der Waals surface area contributed by atoms with Crippen molar-refractivity contribution < 1.29 is 19.1 Å². The maximum absolute atomic E-state index is 12.1. The van der Waals surface area contributed by atoms with E-state index in [0.717, 1.165) is 11.5 Å². The van der Waals surface area contributed by atoms with Crippen molar-refractivity contribution in [3.63, 3.8) is 0 Å². The highest BCUT2D eigenvalue weighted by atomic mass is 32.2. The fraction of sp³-hybridized carbons (Fsp3) is 0.333. The average Bonchev–Trinajstić information content (AvgIpc) is 3.13. The van der Waals surface area contributed by atoms with Gasteiger partial charge < -0.3 is 14.8 Å². The minimum Gasteiger partial charge on any atom is -0.493 e. The van der Waals surface area contributed by atoms with Crippen LogP contribution in [0.3, 0.4) is 0 Å². The Labute approximate surface area is 155 Å². The zero-order chi connectivity index (χ0) is 17.9. The summed E-state index contributed by atoms with van der Waals surface area (Å²) in [5.41, 5.74) is 0.323. The highest BCUT2D eigenvalue weighted by molar-refractivity contribution is 7.98. The van der Waals surface area contributed by atoms with Gasteiger partial charge in [0.2, 0.25) is 0 Å². The van der Waals surface area contributed by atoms with E-state index in [9.17, 15) is 9.59 Å². The third-order valence-electron chi connectivity index (χ3n) is 3.13. The summed E-state index contributed by atoms with van der Waals surface area (Å²) >= 11 is 3.48. The van der Waals surface area contributed by atoms with Gasteiger partial charge in [0, 0.05) is 22.9 Å². The number of carbonyl (C=O) groups excluding carboxylic acids is 2. The lowest BCUT2D eigenvalue weighted by molar-refractivity contribution is -0.124. The Hall–Kier alpha value is -1.99. The number of carbonyl (C=O) groups is 2. The molecule has 0 aliphatic rings. The van der Waals surface area contributed by atoms with Gasteiger partial charge in [-0.25, -0.2) is 4.79 Å². The summed E-state index contributed by atoms with van der Waals surface area (Å²) in [4.78, 5) is 25.1. The van der Waals surface area contributed by atoms with Crippen molar-refractivity contribution in [3.05, 3.63) is 52.2 Å². The third kappa shape index (κ3) is 6.80. The zero-order valence-electron chi connectivity index (χ0n) is 14.0. The number of thioether (sulfide) groups is 1. The second-order valence-electron chi connectivity index (χ2n) is 4.99. The molecule has 1 N–H and O–H groups in total. The summed E-state index contributed by atoms with van der Waals surface area (Å²) in [6.45, 7) is 2.54. The Morgan fingerprint density at radius 3 is 2.80 bits per heavy atom. The van der Waals surface area contributed by atoms with Crippen LogP contribution in [0.5, 0.6) is 5.75 Å². The van der Waals surface area contributed by atoms with E-state index in [1.807, 2.05) is 13.0 Å². The van der Waals surface area contributed by atoms with Gasteiger partial charge >= 0.3 is 5.97 Å². The lowest BCUT2D eigenvalue weighted by atomic mass is 10.2. The first-order chi connectivity index (χ1) is 12.2. The second kappa shape index (κ2) is 10.8. The maximum atomic E-state index is 12.1. The summed E-state index contributed by atoms with van der Waals surface area (Å²) in [6.07, 6.45) is 0. The van der Waals surface area contributed by atoms with Crippen LogP contribution in [-0.4, -0.2) is 37.4 Å². The smallest absolute Gasteiger partial charge is 0.342 e. The van der Waals surface area contributed by atoms with Crippen LogP contribution in [0.1, 0.15) is 22.2 Å². The molecule has 134 valence electrons. The molecule has 0 spiro atoms. The number of para-hydroxylation sites is 1. The van der Waals surface area contributed by atoms with Crippen LogP contribution in [0.4, 0.5) is 0 Å². The zero-order valence-corrected chi connectivity index (χ0v) is 15.7. The van der Waals surface area contributed by atoms with Crippen molar-refractivity contribution in [3.8, 4) is 5.75 Å².